The normalized spacial score (nSPS) is 11.1. The lowest BCUT2D eigenvalue weighted by Crippen LogP contribution is -2.22. The van der Waals surface area contributed by atoms with Crippen LogP contribution >= 0.6 is 12.6 Å². The van der Waals surface area contributed by atoms with Crippen molar-refractivity contribution in [1.82, 2.24) is 19.7 Å². The minimum Gasteiger partial charge on any atom is -0.395 e. The third kappa shape index (κ3) is 4.77. The fourth-order valence-electron chi connectivity index (χ4n) is 3.35. The summed E-state index contributed by atoms with van der Waals surface area (Å²) in [6, 6.07) is 13.4. The van der Waals surface area contributed by atoms with Crippen LogP contribution in [0, 0.1) is 6.92 Å². The van der Waals surface area contributed by atoms with Gasteiger partial charge in [-0.15, -0.1) is 12.6 Å². The number of anilines is 1. The molecule has 0 unspecified atom stereocenters. The molecule has 31 heavy (non-hydrogen) atoms. The number of nitrogens with zero attached hydrogens (tertiary/aromatic N) is 3. The Hall–Kier alpha value is -3.20. The molecule has 0 aliphatic rings. The molecule has 158 valence electrons. The van der Waals surface area contributed by atoms with Crippen LogP contribution in [0.25, 0.3) is 16.9 Å². The number of aromatic nitrogens is 3. The van der Waals surface area contributed by atoms with E-state index in [1.807, 2.05) is 60.1 Å². The minimum atomic E-state index is -0.301. The molecule has 8 heteroatoms. The number of aliphatic hydroxyl groups is 1. The van der Waals surface area contributed by atoms with Crippen molar-refractivity contribution in [3.05, 3.63) is 77.9 Å². The number of rotatable bonds is 7. The van der Waals surface area contributed by atoms with Gasteiger partial charge in [0.25, 0.3) is 5.91 Å². The van der Waals surface area contributed by atoms with Gasteiger partial charge in [-0.1, -0.05) is 18.2 Å². The summed E-state index contributed by atoms with van der Waals surface area (Å²) in [7, 11) is 0. The number of pyridine rings is 2. The molecule has 0 saturated heterocycles. The molecule has 0 radical (unpaired) electrons. The summed E-state index contributed by atoms with van der Waals surface area (Å²) in [4.78, 5) is 22.4. The van der Waals surface area contributed by atoms with Crippen molar-refractivity contribution in [3.63, 3.8) is 0 Å². The van der Waals surface area contributed by atoms with Crippen molar-refractivity contribution in [2.24, 2.45) is 0 Å². The number of imidazole rings is 1. The van der Waals surface area contributed by atoms with Gasteiger partial charge in [0.15, 0.2) is 0 Å². The fraction of sp³-hybridized carbons (Fsp3) is 0.174. The van der Waals surface area contributed by atoms with Crippen LogP contribution in [-0.4, -0.2) is 38.5 Å². The second-order valence-corrected chi connectivity index (χ2v) is 7.70. The summed E-state index contributed by atoms with van der Waals surface area (Å²) < 4.78 is 2.00. The molecule has 7 nitrogen and oxygen atoms in total. The maximum Gasteiger partial charge on any atom is 0.274 e. The lowest BCUT2D eigenvalue weighted by atomic mass is 10.1. The topological polar surface area (TPSA) is 91.5 Å². The number of hydrogen-bond acceptors (Lipinski definition) is 6. The van der Waals surface area contributed by atoms with Crippen molar-refractivity contribution >= 4 is 29.9 Å². The van der Waals surface area contributed by atoms with E-state index in [1.54, 1.807) is 12.3 Å². The highest BCUT2D eigenvalue weighted by Crippen LogP contribution is 2.23. The molecule has 0 saturated carbocycles. The average molecular weight is 434 g/mol. The second kappa shape index (κ2) is 9.30. The molecule has 4 aromatic rings. The fourth-order valence-corrected chi connectivity index (χ4v) is 3.56. The lowest BCUT2D eigenvalue weighted by molar-refractivity contribution is 0.102. The van der Waals surface area contributed by atoms with E-state index in [-0.39, 0.29) is 12.5 Å². The number of carbonyl (C=O) groups is 1. The second-order valence-electron chi connectivity index (χ2n) is 7.18. The van der Waals surface area contributed by atoms with Gasteiger partial charge >= 0.3 is 0 Å². The van der Waals surface area contributed by atoms with E-state index in [1.165, 1.54) is 0 Å². The summed E-state index contributed by atoms with van der Waals surface area (Å²) in [6.45, 7) is 2.90. The number of fused-ring (bicyclic) bond motifs is 1. The lowest BCUT2D eigenvalue weighted by Gasteiger charge is -2.11. The predicted octanol–water partition coefficient (Wildman–Crippen LogP) is 3.33. The zero-order chi connectivity index (χ0) is 21.8. The molecule has 0 spiro atoms. The molecule has 0 bridgehead atoms. The quantitative estimate of drug-likeness (QED) is 0.265. The van der Waals surface area contributed by atoms with Crippen LogP contribution in [-0.2, 0) is 6.54 Å². The zero-order valence-electron chi connectivity index (χ0n) is 17.0. The smallest absolute Gasteiger partial charge is 0.274 e. The van der Waals surface area contributed by atoms with E-state index in [4.69, 9.17) is 10.1 Å². The SMILES string of the molecule is Cc1cccn2cc(-c3ccc(NC(=O)c4ncc(S)cc4CNCCO)cc3)nc12. The van der Waals surface area contributed by atoms with Crippen molar-refractivity contribution < 1.29 is 9.90 Å². The largest absolute Gasteiger partial charge is 0.395 e. The number of hydrogen-bond donors (Lipinski definition) is 4. The predicted molar refractivity (Wildman–Crippen MR) is 124 cm³/mol. The number of benzene rings is 1. The summed E-state index contributed by atoms with van der Waals surface area (Å²) >= 11 is 4.31. The molecule has 4 rings (SSSR count). The first kappa shape index (κ1) is 21.0. The van der Waals surface area contributed by atoms with Gasteiger partial charge in [-0.05, 0) is 42.3 Å². The minimum absolute atomic E-state index is 0.0216. The van der Waals surface area contributed by atoms with Crippen molar-refractivity contribution in [2.75, 3.05) is 18.5 Å². The number of aryl methyl sites for hydroxylation is 1. The molecule has 3 aromatic heterocycles. The Kier molecular flexibility index (Phi) is 6.31. The maximum atomic E-state index is 12.8. The monoisotopic (exact) mass is 433 g/mol. The standard InChI is InChI=1S/C23H23N5O2S/c1-15-3-2-9-28-14-20(27-22(15)28)16-4-6-18(7-5-16)26-23(30)21-17(12-24-8-10-29)11-19(31)13-25-21/h2-7,9,11,13-14,24,29,31H,8,10,12H2,1H3,(H,26,30). The summed E-state index contributed by atoms with van der Waals surface area (Å²) in [5.41, 5.74) is 5.58. The molecule has 1 aromatic carbocycles. The van der Waals surface area contributed by atoms with Crippen LogP contribution in [0.15, 0.2) is 66.0 Å². The van der Waals surface area contributed by atoms with E-state index in [2.05, 4.69) is 28.2 Å². The van der Waals surface area contributed by atoms with E-state index in [9.17, 15) is 4.79 Å². The van der Waals surface area contributed by atoms with E-state index in [0.717, 1.165) is 28.0 Å². The van der Waals surface area contributed by atoms with Crippen molar-refractivity contribution in [3.8, 4) is 11.3 Å². The van der Waals surface area contributed by atoms with Gasteiger partial charge in [-0.2, -0.15) is 0 Å². The van der Waals surface area contributed by atoms with Gasteiger partial charge in [0.2, 0.25) is 0 Å². The Balaban J connectivity index is 1.51. The molecule has 0 aliphatic carbocycles. The summed E-state index contributed by atoms with van der Waals surface area (Å²) in [5.74, 6) is -0.301. The highest BCUT2D eigenvalue weighted by molar-refractivity contribution is 7.80. The highest BCUT2D eigenvalue weighted by Gasteiger charge is 2.14. The van der Waals surface area contributed by atoms with Gasteiger partial charge in [0.1, 0.15) is 11.3 Å². The van der Waals surface area contributed by atoms with Gasteiger partial charge < -0.3 is 20.1 Å². The third-order valence-electron chi connectivity index (χ3n) is 4.89. The number of carbonyl (C=O) groups excluding carboxylic acids is 1. The first-order chi connectivity index (χ1) is 15.0. The number of nitrogens with one attached hydrogen (secondary N) is 2. The van der Waals surface area contributed by atoms with Crippen molar-refractivity contribution in [2.45, 2.75) is 18.4 Å². The Bertz CT molecular complexity index is 1220. The molecule has 0 aliphatic heterocycles. The zero-order valence-corrected chi connectivity index (χ0v) is 17.9. The summed E-state index contributed by atoms with van der Waals surface area (Å²) in [6.07, 6.45) is 5.51. The highest BCUT2D eigenvalue weighted by atomic mass is 32.1. The van der Waals surface area contributed by atoms with Crippen LogP contribution in [0.2, 0.25) is 0 Å². The van der Waals surface area contributed by atoms with Gasteiger partial charge in [-0.3, -0.25) is 4.79 Å². The van der Waals surface area contributed by atoms with E-state index < -0.39 is 0 Å². The molecule has 3 N–H and O–H groups in total. The molecule has 0 atom stereocenters. The Morgan fingerprint density at radius 1 is 1.23 bits per heavy atom. The molecule has 1 amide bonds. The van der Waals surface area contributed by atoms with Gasteiger partial charge in [0, 0.05) is 47.8 Å². The van der Waals surface area contributed by atoms with Crippen LogP contribution in [0.5, 0.6) is 0 Å². The summed E-state index contributed by atoms with van der Waals surface area (Å²) in [5, 5.41) is 14.9. The first-order valence-corrected chi connectivity index (χ1v) is 10.4. The molecule has 3 heterocycles. The van der Waals surface area contributed by atoms with E-state index in [0.29, 0.717) is 29.4 Å². The first-order valence-electron chi connectivity index (χ1n) is 9.91. The number of aliphatic hydroxyl groups excluding tert-OH is 1. The Morgan fingerprint density at radius 2 is 2.03 bits per heavy atom. The van der Waals surface area contributed by atoms with Gasteiger partial charge in [-0.25, -0.2) is 9.97 Å². The maximum absolute atomic E-state index is 12.8. The average Bonchev–Trinajstić information content (AvgIpc) is 3.20. The van der Waals surface area contributed by atoms with Crippen LogP contribution in [0.4, 0.5) is 5.69 Å². The van der Waals surface area contributed by atoms with Crippen LogP contribution in [0.1, 0.15) is 21.6 Å². The third-order valence-corrected chi connectivity index (χ3v) is 5.13. The Labute approximate surface area is 185 Å². The Morgan fingerprint density at radius 3 is 2.77 bits per heavy atom. The van der Waals surface area contributed by atoms with Crippen LogP contribution < -0.4 is 10.6 Å². The van der Waals surface area contributed by atoms with Crippen LogP contribution in [0.3, 0.4) is 0 Å². The molecular weight excluding hydrogens is 410 g/mol. The number of thiol groups is 1. The van der Waals surface area contributed by atoms with E-state index >= 15 is 0 Å². The molecular formula is C23H23N5O2S. The van der Waals surface area contributed by atoms with Gasteiger partial charge in [0.05, 0.1) is 12.3 Å². The molecule has 0 fully saturated rings. The number of amides is 1. The van der Waals surface area contributed by atoms with Crippen molar-refractivity contribution in [1.29, 1.82) is 0 Å².